The van der Waals surface area contributed by atoms with Gasteiger partial charge in [0.25, 0.3) is 0 Å². The second kappa shape index (κ2) is 7.81. The van der Waals surface area contributed by atoms with E-state index in [1.165, 1.54) is 5.56 Å². The molecule has 1 aromatic rings. The maximum atomic E-state index is 12.1. The van der Waals surface area contributed by atoms with Gasteiger partial charge in [0.1, 0.15) is 0 Å². The molecule has 0 atom stereocenters. The summed E-state index contributed by atoms with van der Waals surface area (Å²) < 4.78 is 0. The number of carbonyl (C=O) groups excluding carboxylic acids is 1. The lowest BCUT2D eigenvalue weighted by atomic mass is 9.88. The molecular formula is C17H25NO3. The van der Waals surface area contributed by atoms with Crippen LogP contribution in [0.25, 0.3) is 0 Å². The van der Waals surface area contributed by atoms with Crippen LogP contribution in [0.1, 0.15) is 50.7 Å². The van der Waals surface area contributed by atoms with Gasteiger partial charge in [-0.1, -0.05) is 43.7 Å². The Morgan fingerprint density at radius 3 is 2.43 bits per heavy atom. The van der Waals surface area contributed by atoms with Crippen molar-refractivity contribution in [2.24, 2.45) is 0 Å². The highest BCUT2D eigenvalue weighted by atomic mass is 16.4. The number of rotatable bonds is 8. The van der Waals surface area contributed by atoms with Gasteiger partial charge in [-0.15, -0.1) is 0 Å². The molecule has 4 nitrogen and oxygen atoms in total. The molecule has 0 saturated carbocycles. The van der Waals surface area contributed by atoms with Gasteiger partial charge in [0.05, 0.1) is 6.42 Å². The third-order valence-corrected chi connectivity index (χ3v) is 3.97. The Hall–Kier alpha value is -1.84. The smallest absolute Gasteiger partial charge is 0.305 e. The van der Waals surface area contributed by atoms with Crippen LogP contribution in [0.5, 0.6) is 0 Å². The molecule has 0 bridgehead atoms. The van der Waals surface area contributed by atoms with Gasteiger partial charge in [0.15, 0.2) is 0 Å². The Morgan fingerprint density at radius 1 is 1.24 bits per heavy atom. The van der Waals surface area contributed by atoms with Crippen LogP contribution >= 0.6 is 0 Å². The van der Waals surface area contributed by atoms with Gasteiger partial charge < -0.3 is 10.4 Å². The molecule has 0 fully saturated rings. The summed E-state index contributed by atoms with van der Waals surface area (Å²) in [5.41, 5.74) is 1.67. The fourth-order valence-electron chi connectivity index (χ4n) is 2.49. The third-order valence-electron chi connectivity index (χ3n) is 3.97. The lowest BCUT2D eigenvalue weighted by Crippen LogP contribution is -2.49. The molecular weight excluding hydrogens is 266 g/mol. The van der Waals surface area contributed by atoms with Crippen LogP contribution in [0.15, 0.2) is 24.3 Å². The van der Waals surface area contributed by atoms with Crippen LogP contribution in [0.3, 0.4) is 0 Å². The van der Waals surface area contributed by atoms with Crippen molar-refractivity contribution in [2.75, 3.05) is 0 Å². The molecule has 2 N–H and O–H groups in total. The van der Waals surface area contributed by atoms with Crippen LogP contribution in [-0.4, -0.2) is 22.5 Å². The first-order chi connectivity index (χ1) is 9.90. The van der Waals surface area contributed by atoms with Gasteiger partial charge in [-0.3, -0.25) is 9.59 Å². The third kappa shape index (κ3) is 5.58. The lowest BCUT2D eigenvalue weighted by Gasteiger charge is -2.31. The highest BCUT2D eigenvalue weighted by Crippen LogP contribution is 2.20. The Labute approximate surface area is 126 Å². The Kier molecular flexibility index (Phi) is 6.40. The van der Waals surface area contributed by atoms with Crippen LogP contribution in [-0.2, 0) is 16.0 Å². The van der Waals surface area contributed by atoms with Crippen molar-refractivity contribution in [3.8, 4) is 0 Å². The van der Waals surface area contributed by atoms with Gasteiger partial charge >= 0.3 is 5.97 Å². The number of benzene rings is 1. The van der Waals surface area contributed by atoms with E-state index in [1.54, 1.807) is 0 Å². The van der Waals surface area contributed by atoms with E-state index in [0.29, 0.717) is 25.7 Å². The van der Waals surface area contributed by atoms with Crippen molar-refractivity contribution < 1.29 is 14.7 Å². The Bertz CT molecular complexity index is 493. The molecule has 0 aliphatic carbocycles. The fourth-order valence-corrected chi connectivity index (χ4v) is 2.49. The summed E-state index contributed by atoms with van der Waals surface area (Å²) >= 11 is 0. The van der Waals surface area contributed by atoms with Crippen molar-refractivity contribution in [3.05, 3.63) is 35.4 Å². The predicted octanol–water partition coefficient (Wildman–Crippen LogP) is 3.08. The Balaban J connectivity index is 2.60. The van der Waals surface area contributed by atoms with E-state index < -0.39 is 11.5 Å². The first-order valence-electron chi connectivity index (χ1n) is 7.49. The summed E-state index contributed by atoms with van der Waals surface area (Å²) in [5.74, 6) is -0.959. The summed E-state index contributed by atoms with van der Waals surface area (Å²) in [4.78, 5) is 23.1. The van der Waals surface area contributed by atoms with Crippen LogP contribution in [0, 0.1) is 6.92 Å². The minimum absolute atomic E-state index is 0.0316. The fraction of sp³-hybridized carbons (Fsp3) is 0.529. The molecule has 4 heteroatoms. The van der Waals surface area contributed by atoms with Crippen molar-refractivity contribution >= 4 is 11.9 Å². The second-order valence-corrected chi connectivity index (χ2v) is 5.60. The minimum Gasteiger partial charge on any atom is -0.481 e. The molecule has 0 spiro atoms. The van der Waals surface area contributed by atoms with E-state index in [0.717, 1.165) is 5.56 Å². The van der Waals surface area contributed by atoms with Crippen LogP contribution in [0.4, 0.5) is 0 Å². The molecule has 1 amide bonds. The largest absolute Gasteiger partial charge is 0.481 e. The average Bonchev–Trinajstić information content (AvgIpc) is 2.44. The number of nitrogens with one attached hydrogen (secondary N) is 1. The minimum atomic E-state index is -0.877. The van der Waals surface area contributed by atoms with Crippen LogP contribution < -0.4 is 5.32 Å². The first kappa shape index (κ1) is 17.2. The number of amides is 1. The van der Waals surface area contributed by atoms with Gasteiger partial charge in [-0.25, -0.2) is 0 Å². The van der Waals surface area contributed by atoms with Crippen molar-refractivity contribution in [2.45, 2.75) is 58.4 Å². The SMILES string of the molecule is CCC(CC)(CC(=O)O)NC(=O)CCc1cccc(C)c1. The number of hydrogen-bond donors (Lipinski definition) is 2. The normalized spacial score (nSPS) is 11.2. The maximum Gasteiger partial charge on any atom is 0.305 e. The maximum absolute atomic E-state index is 12.1. The average molecular weight is 291 g/mol. The summed E-state index contributed by atoms with van der Waals surface area (Å²) in [6.07, 6.45) is 2.25. The van der Waals surface area contributed by atoms with Crippen molar-refractivity contribution in [1.29, 1.82) is 0 Å². The lowest BCUT2D eigenvalue weighted by molar-refractivity contribution is -0.139. The molecule has 0 unspecified atom stereocenters. The molecule has 0 radical (unpaired) electrons. The highest BCUT2D eigenvalue weighted by molar-refractivity contribution is 5.78. The molecule has 1 aromatic carbocycles. The van der Waals surface area contributed by atoms with E-state index in [1.807, 2.05) is 39.0 Å². The summed E-state index contributed by atoms with van der Waals surface area (Å²) in [5, 5.41) is 11.9. The first-order valence-corrected chi connectivity index (χ1v) is 7.49. The predicted molar refractivity (Wildman–Crippen MR) is 83.2 cm³/mol. The van der Waals surface area contributed by atoms with E-state index in [-0.39, 0.29) is 12.3 Å². The highest BCUT2D eigenvalue weighted by Gasteiger charge is 2.30. The van der Waals surface area contributed by atoms with Gasteiger partial charge in [0, 0.05) is 12.0 Å². The number of hydrogen-bond acceptors (Lipinski definition) is 2. The van der Waals surface area contributed by atoms with Crippen molar-refractivity contribution in [1.82, 2.24) is 5.32 Å². The zero-order chi connectivity index (χ0) is 15.9. The standard InChI is InChI=1S/C17H25NO3/c1-4-17(5-2,12-16(20)21)18-15(19)10-9-14-8-6-7-13(3)11-14/h6-8,11H,4-5,9-10,12H2,1-3H3,(H,18,19)(H,20,21). The molecule has 116 valence electrons. The molecule has 0 aromatic heterocycles. The van der Waals surface area contributed by atoms with Gasteiger partial charge in [0.2, 0.25) is 5.91 Å². The topological polar surface area (TPSA) is 66.4 Å². The van der Waals surface area contributed by atoms with E-state index in [9.17, 15) is 9.59 Å². The number of carbonyl (C=O) groups is 2. The summed E-state index contributed by atoms with van der Waals surface area (Å²) in [6, 6.07) is 8.08. The number of carboxylic acid groups (broad SMARTS) is 1. The monoisotopic (exact) mass is 291 g/mol. The molecule has 1 rings (SSSR count). The van der Waals surface area contributed by atoms with Crippen LogP contribution in [0.2, 0.25) is 0 Å². The summed E-state index contributed by atoms with van der Waals surface area (Å²) in [6.45, 7) is 5.84. The Morgan fingerprint density at radius 2 is 1.90 bits per heavy atom. The molecule has 0 aliphatic rings. The van der Waals surface area contributed by atoms with Crippen molar-refractivity contribution in [3.63, 3.8) is 0 Å². The zero-order valence-corrected chi connectivity index (χ0v) is 13.1. The van der Waals surface area contributed by atoms with E-state index in [2.05, 4.69) is 11.4 Å². The number of aryl methyl sites for hydroxylation is 2. The number of carboxylic acids is 1. The van der Waals surface area contributed by atoms with E-state index >= 15 is 0 Å². The molecule has 0 saturated heterocycles. The molecule has 0 heterocycles. The van der Waals surface area contributed by atoms with Gasteiger partial charge in [-0.05, 0) is 31.7 Å². The summed E-state index contributed by atoms with van der Waals surface area (Å²) in [7, 11) is 0. The van der Waals surface area contributed by atoms with E-state index in [4.69, 9.17) is 5.11 Å². The molecule has 0 aliphatic heterocycles. The van der Waals surface area contributed by atoms with Gasteiger partial charge in [-0.2, -0.15) is 0 Å². The second-order valence-electron chi connectivity index (χ2n) is 5.60. The quantitative estimate of drug-likeness (QED) is 0.773. The molecule has 21 heavy (non-hydrogen) atoms. The number of aliphatic carboxylic acids is 1. The zero-order valence-electron chi connectivity index (χ0n) is 13.1.